The third kappa shape index (κ3) is 6.68. The first kappa shape index (κ1) is 17.6. The topological polar surface area (TPSA) is 53.7 Å². The van der Waals surface area contributed by atoms with Gasteiger partial charge >= 0.3 is 6.18 Å². The van der Waals surface area contributed by atoms with Gasteiger partial charge in [-0.15, -0.1) is 0 Å². The summed E-state index contributed by atoms with van der Waals surface area (Å²) in [5.41, 5.74) is 6.68. The minimum Gasteiger partial charge on any atom is -0.493 e. The van der Waals surface area contributed by atoms with Gasteiger partial charge in [-0.2, -0.15) is 13.2 Å². The molecule has 0 aromatic heterocycles. The molecular formula is C14H20F3NO3. The fraction of sp³-hybridized carbons (Fsp3) is 0.571. The maximum atomic E-state index is 11.8. The van der Waals surface area contributed by atoms with Crippen molar-refractivity contribution in [1.82, 2.24) is 0 Å². The summed E-state index contributed by atoms with van der Waals surface area (Å²) in [6.45, 7) is 0.845. The summed E-state index contributed by atoms with van der Waals surface area (Å²) in [4.78, 5) is 0. The SMILES string of the molecule is COc1cc(C(C)N)ccc1OCCCOCC(F)(F)F. The molecule has 0 heterocycles. The van der Waals surface area contributed by atoms with E-state index in [2.05, 4.69) is 4.74 Å². The number of benzene rings is 1. The molecule has 0 saturated carbocycles. The summed E-state index contributed by atoms with van der Waals surface area (Å²) in [5, 5.41) is 0. The van der Waals surface area contributed by atoms with Crippen molar-refractivity contribution in [3.63, 3.8) is 0 Å². The molecule has 0 bridgehead atoms. The van der Waals surface area contributed by atoms with Crippen LogP contribution < -0.4 is 15.2 Å². The molecular weight excluding hydrogens is 287 g/mol. The van der Waals surface area contributed by atoms with E-state index in [4.69, 9.17) is 15.2 Å². The Morgan fingerprint density at radius 1 is 1.19 bits per heavy atom. The Kier molecular flexibility index (Phi) is 6.77. The Labute approximate surface area is 122 Å². The van der Waals surface area contributed by atoms with Crippen LogP contribution in [0.5, 0.6) is 11.5 Å². The van der Waals surface area contributed by atoms with Gasteiger partial charge in [0.15, 0.2) is 11.5 Å². The molecule has 4 nitrogen and oxygen atoms in total. The molecule has 1 rings (SSSR count). The number of methoxy groups -OCH3 is 1. The van der Waals surface area contributed by atoms with E-state index in [1.165, 1.54) is 7.11 Å². The summed E-state index contributed by atoms with van der Waals surface area (Å²) in [7, 11) is 1.51. The summed E-state index contributed by atoms with van der Waals surface area (Å²) in [5.74, 6) is 1.07. The first-order chi connectivity index (χ1) is 9.83. The third-order valence-electron chi connectivity index (χ3n) is 2.67. The highest BCUT2D eigenvalue weighted by Crippen LogP contribution is 2.29. The molecule has 0 radical (unpaired) electrons. The number of alkyl halides is 3. The maximum absolute atomic E-state index is 11.8. The number of hydrogen-bond donors (Lipinski definition) is 1. The molecule has 1 atom stereocenters. The van der Waals surface area contributed by atoms with Crippen LogP contribution in [0, 0.1) is 0 Å². The molecule has 0 aliphatic carbocycles. The van der Waals surface area contributed by atoms with Gasteiger partial charge in [-0.3, -0.25) is 0 Å². The molecule has 1 aromatic rings. The monoisotopic (exact) mass is 307 g/mol. The maximum Gasteiger partial charge on any atom is 0.411 e. The summed E-state index contributed by atoms with van der Waals surface area (Å²) in [6, 6.07) is 5.21. The molecule has 120 valence electrons. The fourth-order valence-electron chi connectivity index (χ4n) is 1.62. The van der Waals surface area contributed by atoms with Gasteiger partial charge in [0.1, 0.15) is 6.61 Å². The molecule has 0 aliphatic heterocycles. The van der Waals surface area contributed by atoms with Crippen LogP contribution in [0.1, 0.15) is 24.9 Å². The Morgan fingerprint density at radius 3 is 2.48 bits per heavy atom. The lowest BCUT2D eigenvalue weighted by Gasteiger charge is -2.14. The largest absolute Gasteiger partial charge is 0.493 e. The van der Waals surface area contributed by atoms with E-state index in [0.29, 0.717) is 17.9 Å². The van der Waals surface area contributed by atoms with E-state index in [1.54, 1.807) is 12.1 Å². The Balaban J connectivity index is 2.38. The predicted molar refractivity (Wildman–Crippen MR) is 72.6 cm³/mol. The van der Waals surface area contributed by atoms with Crippen LogP contribution in [0.3, 0.4) is 0 Å². The van der Waals surface area contributed by atoms with Crippen molar-refractivity contribution in [2.24, 2.45) is 5.73 Å². The lowest BCUT2D eigenvalue weighted by Crippen LogP contribution is -2.18. The van der Waals surface area contributed by atoms with Crippen molar-refractivity contribution in [3.8, 4) is 11.5 Å². The van der Waals surface area contributed by atoms with E-state index in [1.807, 2.05) is 13.0 Å². The Bertz CT molecular complexity index is 436. The molecule has 1 aromatic carbocycles. The van der Waals surface area contributed by atoms with Gasteiger partial charge < -0.3 is 19.9 Å². The normalized spacial score (nSPS) is 13.0. The van der Waals surface area contributed by atoms with Gasteiger partial charge in [-0.05, 0) is 24.6 Å². The van der Waals surface area contributed by atoms with Gasteiger partial charge in [0.25, 0.3) is 0 Å². The number of hydrogen-bond acceptors (Lipinski definition) is 4. The highest BCUT2D eigenvalue weighted by molar-refractivity contribution is 5.43. The van der Waals surface area contributed by atoms with Crippen molar-refractivity contribution in [3.05, 3.63) is 23.8 Å². The molecule has 2 N–H and O–H groups in total. The summed E-state index contributed by atoms with van der Waals surface area (Å²) < 4.78 is 50.7. The second-order valence-corrected chi connectivity index (χ2v) is 4.57. The van der Waals surface area contributed by atoms with Crippen LogP contribution in [0.4, 0.5) is 13.2 Å². The van der Waals surface area contributed by atoms with Gasteiger partial charge in [0.2, 0.25) is 0 Å². The van der Waals surface area contributed by atoms with Gasteiger partial charge in [0, 0.05) is 12.5 Å². The van der Waals surface area contributed by atoms with Gasteiger partial charge in [0.05, 0.1) is 20.3 Å². The second-order valence-electron chi connectivity index (χ2n) is 4.57. The number of halogens is 3. The van der Waals surface area contributed by atoms with Crippen molar-refractivity contribution in [2.45, 2.75) is 25.6 Å². The zero-order valence-electron chi connectivity index (χ0n) is 12.1. The molecule has 1 unspecified atom stereocenters. The van der Waals surface area contributed by atoms with Crippen molar-refractivity contribution < 1.29 is 27.4 Å². The molecule has 0 fully saturated rings. The molecule has 0 amide bonds. The highest BCUT2D eigenvalue weighted by atomic mass is 19.4. The number of ether oxygens (including phenoxy) is 3. The van der Waals surface area contributed by atoms with Crippen LogP contribution in [0.15, 0.2) is 18.2 Å². The highest BCUT2D eigenvalue weighted by Gasteiger charge is 2.27. The van der Waals surface area contributed by atoms with Crippen LogP contribution in [0.2, 0.25) is 0 Å². The zero-order chi connectivity index (χ0) is 15.9. The Hall–Kier alpha value is -1.47. The third-order valence-corrected chi connectivity index (χ3v) is 2.67. The van der Waals surface area contributed by atoms with Crippen LogP contribution in [-0.2, 0) is 4.74 Å². The number of rotatable bonds is 8. The van der Waals surface area contributed by atoms with E-state index in [9.17, 15) is 13.2 Å². The zero-order valence-corrected chi connectivity index (χ0v) is 12.1. The summed E-state index contributed by atoms with van der Waals surface area (Å²) >= 11 is 0. The average molecular weight is 307 g/mol. The number of nitrogens with two attached hydrogens (primary N) is 1. The van der Waals surface area contributed by atoms with E-state index >= 15 is 0 Å². The minimum atomic E-state index is -4.29. The molecule has 0 saturated heterocycles. The fourth-order valence-corrected chi connectivity index (χ4v) is 1.62. The average Bonchev–Trinajstić information content (AvgIpc) is 2.41. The Morgan fingerprint density at radius 2 is 1.90 bits per heavy atom. The quantitative estimate of drug-likeness (QED) is 0.750. The lowest BCUT2D eigenvalue weighted by atomic mass is 10.1. The van der Waals surface area contributed by atoms with Gasteiger partial charge in [-0.1, -0.05) is 6.07 Å². The summed E-state index contributed by atoms with van der Waals surface area (Å²) in [6.07, 6.45) is -3.94. The first-order valence-electron chi connectivity index (χ1n) is 6.54. The smallest absolute Gasteiger partial charge is 0.411 e. The van der Waals surface area contributed by atoms with Crippen molar-refractivity contribution in [2.75, 3.05) is 26.9 Å². The minimum absolute atomic E-state index is 0.0141. The van der Waals surface area contributed by atoms with Gasteiger partial charge in [-0.25, -0.2) is 0 Å². The standard InChI is InChI=1S/C14H20F3NO3/c1-10(18)11-4-5-12(13(8-11)19-2)21-7-3-6-20-9-14(15,16)17/h4-5,8,10H,3,6-7,9,18H2,1-2H3. The second kappa shape index (κ2) is 8.09. The van der Waals surface area contributed by atoms with Crippen molar-refractivity contribution in [1.29, 1.82) is 0 Å². The molecule has 0 aliphatic rings. The van der Waals surface area contributed by atoms with Crippen LogP contribution >= 0.6 is 0 Å². The van der Waals surface area contributed by atoms with Crippen molar-refractivity contribution >= 4 is 0 Å². The predicted octanol–water partition coefficient (Wildman–Crippen LogP) is 3.06. The molecule has 7 heteroatoms. The first-order valence-corrected chi connectivity index (χ1v) is 6.54. The van der Waals surface area contributed by atoms with Crippen LogP contribution in [0.25, 0.3) is 0 Å². The van der Waals surface area contributed by atoms with E-state index in [0.717, 1.165) is 5.56 Å². The molecule has 0 spiro atoms. The van der Waals surface area contributed by atoms with Crippen LogP contribution in [-0.4, -0.2) is 33.1 Å². The van der Waals surface area contributed by atoms with E-state index < -0.39 is 12.8 Å². The van der Waals surface area contributed by atoms with E-state index in [-0.39, 0.29) is 19.3 Å². The molecule has 21 heavy (non-hydrogen) atoms. The lowest BCUT2D eigenvalue weighted by molar-refractivity contribution is -0.174.